The van der Waals surface area contributed by atoms with Crippen molar-refractivity contribution < 1.29 is 0 Å². The van der Waals surface area contributed by atoms with Crippen molar-refractivity contribution in [2.75, 3.05) is 39.8 Å². The van der Waals surface area contributed by atoms with E-state index in [1.807, 2.05) is 0 Å². The van der Waals surface area contributed by atoms with Gasteiger partial charge in [-0.05, 0) is 20.4 Å². The number of nitrogens with one attached hydrogen (secondary N) is 3. The standard InChI is InChI=1S/C11H24N4/c1-9-6-12-7-10(14-9)5-11-8-15(2)4-3-13-11/h9-14H,3-8H2,1-2H3. The van der Waals surface area contributed by atoms with Gasteiger partial charge in [0.1, 0.15) is 0 Å². The van der Waals surface area contributed by atoms with E-state index in [2.05, 4.69) is 34.8 Å². The van der Waals surface area contributed by atoms with Crippen LogP contribution in [0.1, 0.15) is 13.3 Å². The van der Waals surface area contributed by atoms with Gasteiger partial charge in [-0.25, -0.2) is 0 Å². The Labute approximate surface area is 92.8 Å². The predicted molar refractivity (Wildman–Crippen MR) is 63.2 cm³/mol. The van der Waals surface area contributed by atoms with Crippen molar-refractivity contribution in [3.63, 3.8) is 0 Å². The van der Waals surface area contributed by atoms with E-state index in [4.69, 9.17) is 0 Å². The first kappa shape index (κ1) is 11.3. The van der Waals surface area contributed by atoms with Gasteiger partial charge in [0.15, 0.2) is 0 Å². The van der Waals surface area contributed by atoms with Gasteiger partial charge in [0, 0.05) is 50.8 Å². The van der Waals surface area contributed by atoms with Crippen LogP contribution in [0.15, 0.2) is 0 Å². The number of rotatable bonds is 2. The lowest BCUT2D eigenvalue weighted by Crippen LogP contribution is -2.57. The number of hydrogen-bond donors (Lipinski definition) is 3. The number of likely N-dealkylation sites (N-methyl/N-ethyl adjacent to an activating group) is 1. The van der Waals surface area contributed by atoms with Crippen molar-refractivity contribution in [3.05, 3.63) is 0 Å². The molecule has 0 bridgehead atoms. The molecule has 4 nitrogen and oxygen atoms in total. The third-order valence-electron chi connectivity index (χ3n) is 3.39. The molecule has 2 fully saturated rings. The number of nitrogens with zero attached hydrogens (tertiary/aromatic N) is 1. The molecule has 3 unspecified atom stereocenters. The molecule has 0 aliphatic carbocycles. The highest BCUT2D eigenvalue weighted by Gasteiger charge is 2.23. The van der Waals surface area contributed by atoms with Gasteiger partial charge in [-0.2, -0.15) is 0 Å². The Morgan fingerprint density at radius 2 is 2.13 bits per heavy atom. The van der Waals surface area contributed by atoms with Crippen molar-refractivity contribution >= 4 is 0 Å². The van der Waals surface area contributed by atoms with Crippen LogP contribution in [0, 0.1) is 0 Å². The van der Waals surface area contributed by atoms with Gasteiger partial charge in [0.05, 0.1) is 0 Å². The minimum absolute atomic E-state index is 0.616. The minimum Gasteiger partial charge on any atom is -0.314 e. The third-order valence-corrected chi connectivity index (χ3v) is 3.39. The molecule has 15 heavy (non-hydrogen) atoms. The minimum atomic E-state index is 0.616. The average Bonchev–Trinajstić information content (AvgIpc) is 2.17. The molecule has 2 rings (SSSR count). The zero-order chi connectivity index (χ0) is 10.7. The quantitative estimate of drug-likeness (QED) is 0.562. The summed E-state index contributed by atoms with van der Waals surface area (Å²) in [6.07, 6.45) is 1.24. The SMILES string of the molecule is CC1CNCC(CC2CN(C)CCN2)N1. The summed E-state index contributed by atoms with van der Waals surface area (Å²) in [6, 6.07) is 1.91. The molecular formula is C11H24N4. The zero-order valence-electron chi connectivity index (χ0n) is 9.92. The summed E-state index contributed by atoms with van der Waals surface area (Å²) in [6.45, 7) is 7.98. The van der Waals surface area contributed by atoms with E-state index >= 15 is 0 Å². The molecule has 0 aromatic rings. The largest absolute Gasteiger partial charge is 0.314 e. The normalized spacial score (nSPS) is 39.2. The summed E-state index contributed by atoms with van der Waals surface area (Å²) < 4.78 is 0. The monoisotopic (exact) mass is 212 g/mol. The van der Waals surface area contributed by atoms with Gasteiger partial charge in [-0.1, -0.05) is 0 Å². The summed E-state index contributed by atoms with van der Waals surface area (Å²) >= 11 is 0. The van der Waals surface area contributed by atoms with E-state index in [1.165, 1.54) is 19.5 Å². The van der Waals surface area contributed by atoms with Crippen LogP contribution >= 0.6 is 0 Å². The van der Waals surface area contributed by atoms with Crippen molar-refractivity contribution in [2.45, 2.75) is 31.5 Å². The molecule has 0 radical (unpaired) electrons. The van der Waals surface area contributed by atoms with Crippen molar-refractivity contribution in [1.82, 2.24) is 20.9 Å². The van der Waals surface area contributed by atoms with Gasteiger partial charge in [-0.15, -0.1) is 0 Å². The van der Waals surface area contributed by atoms with Gasteiger partial charge in [0.2, 0.25) is 0 Å². The highest BCUT2D eigenvalue weighted by atomic mass is 15.2. The predicted octanol–water partition coefficient (Wildman–Crippen LogP) is -0.770. The molecule has 3 atom stereocenters. The van der Waals surface area contributed by atoms with E-state index in [0.717, 1.165) is 19.6 Å². The molecule has 2 saturated heterocycles. The first-order valence-electron chi connectivity index (χ1n) is 6.12. The Morgan fingerprint density at radius 3 is 2.87 bits per heavy atom. The summed E-state index contributed by atoms with van der Waals surface area (Å²) in [5, 5.41) is 10.7. The molecule has 4 heteroatoms. The van der Waals surface area contributed by atoms with Crippen LogP contribution in [0.25, 0.3) is 0 Å². The fraction of sp³-hybridized carbons (Fsp3) is 1.00. The maximum atomic E-state index is 3.66. The highest BCUT2D eigenvalue weighted by molar-refractivity contribution is 4.87. The lowest BCUT2D eigenvalue weighted by Gasteiger charge is -2.36. The van der Waals surface area contributed by atoms with Crippen LogP contribution in [0.5, 0.6) is 0 Å². The van der Waals surface area contributed by atoms with Crippen molar-refractivity contribution in [1.29, 1.82) is 0 Å². The van der Waals surface area contributed by atoms with Gasteiger partial charge >= 0.3 is 0 Å². The number of piperazine rings is 2. The van der Waals surface area contributed by atoms with Crippen LogP contribution in [-0.4, -0.2) is 62.8 Å². The van der Waals surface area contributed by atoms with Gasteiger partial charge in [0.25, 0.3) is 0 Å². The van der Waals surface area contributed by atoms with Crippen molar-refractivity contribution in [2.24, 2.45) is 0 Å². The molecule has 2 aliphatic heterocycles. The second-order valence-electron chi connectivity index (χ2n) is 5.07. The lowest BCUT2D eigenvalue weighted by atomic mass is 10.0. The zero-order valence-corrected chi connectivity index (χ0v) is 9.92. The Balaban J connectivity index is 1.75. The fourth-order valence-corrected chi connectivity index (χ4v) is 2.64. The van der Waals surface area contributed by atoms with Crippen LogP contribution in [0.2, 0.25) is 0 Å². The average molecular weight is 212 g/mol. The van der Waals surface area contributed by atoms with Crippen LogP contribution in [-0.2, 0) is 0 Å². The van der Waals surface area contributed by atoms with Crippen LogP contribution < -0.4 is 16.0 Å². The first-order chi connectivity index (χ1) is 7.24. The smallest absolute Gasteiger partial charge is 0.0210 e. The summed E-state index contributed by atoms with van der Waals surface area (Å²) in [5.41, 5.74) is 0. The third kappa shape index (κ3) is 3.41. The lowest BCUT2D eigenvalue weighted by molar-refractivity contribution is 0.210. The summed E-state index contributed by atoms with van der Waals surface area (Å²) in [4.78, 5) is 2.42. The van der Waals surface area contributed by atoms with E-state index < -0.39 is 0 Å². The van der Waals surface area contributed by atoms with E-state index in [0.29, 0.717) is 18.1 Å². The van der Waals surface area contributed by atoms with Crippen LogP contribution in [0.4, 0.5) is 0 Å². The Bertz CT molecular complexity index is 177. The molecule has 2 aliphatic rings. The van der Waals surface area contributed by atoms with Crippen molar-refractivity contribution in [3.8, 4) is 0 Å². The molecule has 2 heterocycles. The number of hydrogen-bond acceptors (Lipinski definition) is 4. The van der Waals surface area contributed by atoms with E-state index in [1.54, 1.807) is 0 Å². The fourth-order valence-electron chi connectivity index (χ4n) is 2.64. The second-order valence-corrected chi connectivity index (χ2v) is 5.07. The topological polar surface area (TPSA) is 39.3 Å². The molecular weight excluding hydrogens is 188 g/mol. The van der Waals surface area contributed by atoms with Crippen LogP contribution in [0.3, 0.4) is 0 Å². The second kappa shape index (κ2) is 5.25. The highest BCUT2D eigenvalue weighted by Crippen LogP contribution is 2.06. The Morgan fingerprint density at radius 1 is 1.27 bits per heavy atom. The molecule has 0 amide bonds. The maximum Gasteiger partial charge on any atom is 0.0210 e. The molecule has 0 spiro atoms. The molecule has 88 valence electrons. The van der Waals surface area contributed by atoms with E-state index in [9.17, 15) is 0 Å². The molecule has 3 N–H and O–H groups in total. The Kier molecular flexibility index (Phi) is 3.97. The summed E-state index contributed by atoms with van der Waals surface area (Å²) in [7, 11) is 2.21. The molecule has 0 aromatic carbocycles. The maximum absolute atomic E-state index is 3.66. The Hall–Kier alpha value is -0.160. The van der Waals surface area contributed by atoms with E-state index in [-0.39, 0.29) is 0 Å². The van der Waals surface area contributed by atoms with Gasteiger partial charge < -0.3 is 20.9 Å². The summed E-state index contributed by atoms with van der Waals surface area (Å²) in [5.74, 6) is 0. The van der Waals surface area contributed by atoms with Gasteiger partial charge in [-0.3, -0.25) is 0 Å². The first-order valence-corrected chi connectivity index (χ1v) is 6.12. The molecule has 0 saturated carbocycles. The molecule has 0 aromatic heterocycles.